The number of para-hydroxylation sites is 1. The molecule has 1 fully saturated rings. The lowest BCUT2D eigenvalue weighted by molar-refractivity contribution is 0.132. The van der Waals surface area contributed by atoms with Crippen molar-refractivity contribution in [3.05, 3.63) is 54.2 Å². The highest BCUT2D eigenvalue weighted by Gasteiger charge is 2.26. The van der Waals surface area contributed by atoms with Crippen molar-refractivity contribution in [3.63, 3.8) is 0 Å². The monoisotopic (exact) mass is 309 g/mol. The summed E-state index contributed by atoms with van der Waals surface area (Å²) in [5, 5.41) is 3.51. The zero-order valence-electron chi connectivity index (χ0n) is 14.2. The number of pyridine rings is 1. The van der Waals surface area contributed by atoms with E-state index in [4.69, 9.17) is 0 Å². The van der Waals surface area contributed by atoms with Gasteiger partial charge < -0.3 is 5.32 Å². The van der Waals surface area contributed by atoms with Crippen LogP contribution in [-0.2, 0) is 0 Å². The fourth-order valence-electron chi connectivity index (χ4n) is 3.48. The number of anilines is 2. The van der Waals surface area contributed by atoms with Crippen molar-refractivity contribution < 1.29 is 0 Å². The quantitative estimate of drug-likeness (QED) is 0.841. The Morgan fingerprint density at radius 3 is 2.74 bits per heavy atom. The Labute approximate surface area is 139 Å². The van der Waals surface area contributed by atoms with Crippen molar-refractivity contribution in [2.45, 2.75) is 39.2 Å². The number of rotatable bonds is 5. The van der Waals surface area contributed by atoms with Crippen LogP contribution in [0.1, 0.15) is 44.7 Å². The van der Waals surface area contributed by atoms with Gasteiger partial charge in [-0.2, -0.15) is 0 Å². The third-order valence-electron chi connectivity index (χ3n) is 4.45. The lowest BCUT2D eigenvalue weighted by Crippen LogP contribution is -2.36. The number of benzene rings is 1. The lowest BCUT2D eigenvalue weighted by atomic mass is 9.94. The number of hydrogen-bond acceptors (Lipinski definition) is 3. The van der Waals surface area contributed by atoms with Crippen LogP contribution in [0.25, 0.3) is 0 Å². The van der Waals surface area contributed by atoms with Gasteiger partial charge in [-0.05, 0) is 43.5 Å². The van der Waals surface area contributed by atoms with Gasteiger partial charge in [0.25, 0.3) is 0 Å². The van der Waals surface area contributed by atoms with Gasteiger partial charge in [-0.25, -0.2) is 4.98 Å². The molecule has 0 amide bonds. The van der Waals surface area contributed by atoms with Crippen molar-refractivity contribution in [2.24, 2.45) is 5.92 Å². The van der Waals surface area contributed by atoms with Gasteiger partial charge in [0, 0.05) is 30.0 Å². The Hall–Kier alpha value is -1.87. The number of hydrogen-bond donors (Lipinski definition) is 1. The maximum Gasteiger partial charge on any atom is 0.135 e. The summed E-state index contributed by atoms with van der Waals surface area (Å²) in [6, 6.07) is 15.1. The summed E-state index contributed by atoms with van der Waals surface area (Å²) in [5.74, 6) is 1.69. The van der Waals surface area contributed by atoms with E-state index in [1.807, 2.05) is 12.3 Å². The van der Waals surface area contributed by atoms with E-state index in [2.05, 4.69) is 65.4 Å². The standard InChI is InChI=1S/C20H27N3/c1-16(2)15-23-14-7-6-12-19(23)18-11-8-13-21-20(18)22-17-9-4-3-5-10-17/h3-5,8-11,13,16,19H,6-7,12,14-15H2,1-2H3,(H,21,22)/t19-/m0/s1. The number of aromatic nitrogens is 1. The van der Waals surface area contributed by atoms with Crippen LogP contribution in [0.2, 0.25) is 0 Å². The van der Waals surface area contributed by atoms with Gasteiger partial charge in [-0.1, -0.05) is 44.5 Å². The fraction of sp³-hybridized carbons (Fsp3) is 0.450. The Morgan fingerprint density at radius 2 is 1.96 bits per heavy atom. The fourth-order valence-corrected chi connectivity index (χ4v) is 3.48. The molecule has 3 rings (SSSR count). The maximum absolute atomic E-state index is 4.62. The third kappa shape index (κ3) is 4.11. The van der Waals surface area contributed by atoms with Gasteiger partial charge in [-0.15, -0.1) is 0 Å². The summed E-state index contributed by atoms with van der Waals surface area (Å²) >= 11 is 0. The van der Waals surface area contributed by atoms with Crippen molar-refractivity contribution in [1.82, 2.24) is 9.88 Å². The SMILES string of the molecule is CC(C)CN1CCCC[C@H]1c1cccnc1Nc1ccccc1. The normalized spacial score (nSPS) is 19.0. The van der Waals surface area contributed by atoms with Crippen LogP contribution in [-0.4, -0.2) is 23.0 Å². The molecule has 23 heavy (non-hydrogen) atoms. The van der Waals surface area contributed by atoms with E-state index in [9.17, 15) is 0 Å². The largest absolute Gasteiger partial charge is 0.340 e. The molecule has 0 bridgehead atoms. The molecule has 0 aliphatic carbocycles. The van der Waals surface area contributed by atoms with Crippen LogP contribution in [0.4, 0.5) is 11.5 Å². The minimum absolute atomic E-state index is 0.478. The molecule has 1 aliphatic heterocycles. The van der Waals surface area contributed by atoms with Gasteiger partial charge in [0.15, 0.2) is 0 Å². The zero-order valence-corrected chi connectivity index (χ0v) is 14.2. The molecule has 0 spiro atoms. The molecule has 3 nitrogen and oxygen atoms in total. The smallest absolute Gasteiger partial charge is 0.135 e. The summed E-state index contributed by atoms with van der Waals surface area (Å²) < 4.78 is 0. The summed E-state index contributed by atoms with van der Waals surface area (Å²) in [4.78, 5) is 7.27. The molecule has 2 heterocycles. The summed E-state index contributed by atoms with van der Waals surface area (Å²) in [7, 11) is 0. The average Bonchev–Trinajstić information content (AvgIpc) is 2.56. The van der Waals surface area contributed by atoms with Crippen LogP contribution in [0.15, 0.2) is 48.7 Å². The van der Waals surface area contributed by atoms with E-state index in [1.165, 1.54) is 31.4 Å². The van der Waals surface area contributed by atoms with Gasteiger partial charge in [0.2, 0.25) is 0 Å². The molecule has 0 radical (unpaired) electrons. The molecule has 1 aromatic heterocycles. The molecule has 0 unspecified atom stereocenters. The van der Waals surface area contributed by atoms with E-state index in [0.29, 0.717) is 12.0 Å². The first-order valence-electron chi connectivity index (χ1n) is 8.75. The average molecular weight is 309 g/mol. The summed E-state index contributed by atoms with van der Waals surface area (Å²) in [6.45, 7) is 6.96. The highest BCUT2D eigenvalue weighted by molar-refractivity contribution is 5.59. The Bertz CT molecular complexity index is 609. The first-order chi connectivity index (χ1) is 11.2. The van der Waals surface area contributed by atoms with Gasteiger partial charge in [0.05, 0.1) is 0 Å². The lowest BCUT2D eigenvalue weighted by Gasteiger charge is -2.37. The second-order valence-electron chi connectivity index (χ2n) is 6.83. The zero-order chi connectivity index (χ0) is 16.1. The number of likely N-dealkylation sites (tertiary alicyclic amines) is 1. The van der Waals surface area contributed by atoms with Crippen LogP contribution in [0.3, 0.4) is 0 Å². The molecule has 0 saturated carbocycles. The van der Waals surface area contributed by atoms with Crippen LogP contribution in [0.5, 0.6) is 0 Å². The first kappa shape index (κ1) is 16.0. The molecule has 1 aliphatic rings. The van der Waals surface area contributed by atoms with Crippen LogP contribution >= 0.6 is 0 Å². The Balaban J connectivity index is 1.86. The molecular weight excluding hydrogens is 282 g/mol. The molecular formula is C20H27N3. The molecule has 3 heteroatoms. The topological polar surface area (TPSA) is 28.2 Å². The highest BCUT2D eigenvalue weighted by atomic mass is 15.2. The minimum Gasteiger partial charge on any atom is -0.340 e. The summed E-state index contributed by atoms with van der Waals surface area (Å²) in [6.07, 6.45) is 5.72. The molecule has 122 valence electrons. The summed E-state index contributed by atoms with van der Waals surface area (Å²) in [5.41, 5.74) is 2.43. The number of piperidine rings is 1. The van der Waals surface area contributed by atoms with Crippen molar-refractivity contribution in [3.8, 4) is 0 Å². The van der Waals surface area contributed by atoms with Crippen molar-refractivity contribution in [2.75, 3.05) is 18.4 Å². The second kappa shape index (κ2) is 7.60. The number of nitrogens with zero attached hydrogens (tertiary/aromatic N) is 2. The van der Waals surface area contributed by atoms with Gasteiger partial charge >= 0.3 is 0 Å². The first-order valence-corrected chi connectivity index (χ1v) is 8.75. The second-order valence-corrected chi connectivity index (χ2v) is 6.83. The van der Waals surface area contributed by atoms with E-state index in [-0.39, 0.29) is 0 Å². The minimum atomic E-state index is 0.478. The molecule has 1 saturated heterocycles. The Kier molecular flexibility index (Phi) is 5.29. The highest BCUT2D eigenvalue weighted by Crippen LogP contribution is 2.35. The van der Waals surface area contributed by atoms with E-state index >= 15 is 0 Å². The predicted octanol–water partition coefficient (Wildman–Crippen LogP) is 5.01. The van der Waals surface area contributed by atoms with Crippen molar-refractivity contribution in [1.29, 1.82) is 0 Å². The molecule has 1 aromatic carbocycles. The van der Waals surface area contributed by atoms with Gasteiger partial charge in [0.1, 0.15) is 5.82 Å². The Morgan fingerprint density at radius 1 is 1.13 bits per heavy atom. The molecule has 1 N–H and O–H groups in total. The van der Waals surface area contributed by atoms with Crippen LogP contribution in [0, 0.1) is 5.92 Å². The third-order valence-corrected chi connectivity index (χ3v) is 4.45. The van der Waals surface area contributed by atoms with Crippen molar-refractivity contribution >= 4 is 11.5 Å². The van der Waals surface area contributed by atoms with E-state index in [1.54, 1.807) is 0 Å². The van der Waals surface area contributed by atoms with Crippen LogP contribution < -0.4 is 5.32 Å². The maximum atomic E-state index is 4.62. The molecule has 2 aromatic rings. The predicted molar refractivity (Wildman–Crippen MR) is 97.0 cm³/mol. The van der Waals surface area contributed by atoms with Gasteiger partial charge in [-0.3, -0.25) is 4.90 Å². The molecule has 1 atom stereocenters. The van der Waals surface area contributed by atoms with E-state index in [0.717, 1.165) is 18.1 Å². The van der Waals surface area contributed by atoms with E-state index < -0.39 is 0 Å². The number of nitrogens with one attached hydrogen (secondary N) is 1.